The molecule has 124 valence electrons. The molecule has 1 heterocycles. The van der Waals surface area contributed by atoms with Gasteiger partial charge in [-0.2, -0.15) is 0 Å². The SMILES string of the molecule is CNC(=O)c1ccccc1CC1CCN(C2CCCCC2)C1=O. The fourth-order valence-electron chi connectivity index (χ4n) is 4.03. The molecular weight excluding hydrogens is 288 g/mol. The maximum absolute atomic E-state index is 12.8. The van der Waals surface area contributed by atoms with Gasteiger partial charge in [0.05, 0.1) is 0 Å². The minimum Gasteiger partial charge on any atom is -0.355 e. The van der Waals surface area contributed by atoms with Gasteiger partial charge in [0, 0.05) is 31.1 Å². The largest absolute Gasteiger partial charge is 0.355 e. The van der Waals surface area contributed by atoms with Crippen molar-refractivity contribution in [3.05, 3.63) is 35.4 Å². The fraction of sp³-hybridized carbons (Fsp3) is 0.579. The van der Waals surface area contributed by atoms with Gasteiger partial charge in [-0.25, -0.2) is 0 Å². The van der Waals surface area contributed by atoms with Gasteiger partial charge >= 0.3 is 0 Å². The Morgan fingerprint density at radius 1 is 1.17 bits per heavy atom. The van der Waals surface area contributed by atoms with E-state index < -0.39 is 0 Å². The van der Waals surface area contributed by atoms with Crippen LogP contribution >= 0.6 is 0 Å². The Morgan fingerprint density at radius 3 is 2.65 bits per heavy atom. The molecule has 3 rings (SSSR count). The maximum Gasteiger partial charge on any atom is 0.251 e. The zero-order valence-corrected chi connectivity index (χ0v) is 13.9. The standard InChI is InChI=1S/C19H26N2O2/c1-20-18(22)17-10-6-5-7-14(17)13-15-11-12-21(19(15)23)16-8-3-2-4-9-16/h5-7,10,15-16H,2-4,8-9,11-13H2,1H3,(H,20,22). The van der Waals surface area contributed by atoms with E-state index in [0.29, 0.717) is 23.9 Å². The van der Waals surface area contributed by atoms with Gasteiger partial charge in [-0.3, -0.25) is 9.59 Å². The number of hydrogen-bond acceptors (Lipinski definition) is 2. The van der Waals surface area contributed by atoms with Crippen LogP contribution in [0.25, 0.3) is 0 Å². The van der Waals surface area contributed by atoms with Crippen LogP contribution in [-0.4, -0.2) is 36.3 Å². The van der Waals surface area contributed by atoms with Gasteiger partial charge < -0.3 is 10.2 Å². The van der Waals surface area contributed by atoms with Crippen LogP contribution in [0.5, 0.6) is 0 Å². The van der Waals surface area contributed by atoms with Crippen LogP contribution in [0, 0.1) is 5.92 Å². The number of carbonyl (C=O) groups is 2. The molecule has 23 heavy (non-hydrogen) atoms. The van der Waals surface area contributed by atoms with Gasteiger partial charge in [-0.1, -0.05) is 37.5 Å². The molecule has 2 aliphatic rings. The third-order valence-electron chi connectivity index (χ3n) is 5.32. The monoisotopic (exact) mass is 314 g/mol. The van der Waals surface area contributed by atoms with Crippen LogP contribution in [0.15, 0.2) is 24.3 Å². The zero-order chi connectivity index (χ0) is 16.2. The molecule has 2 fully saturated rings. The lowest BCUT2D eigenvalue weighted by Gasteiger charge is -2.31. The van der Waals surface area contributed by atoms with Crippen LogP contribution in [-0.2, 0) is 11.2 Å². The number of rotatable bonds is 4. The lowest BCUT2D eigenvalue weighted by molar-refractivity contribution is -0.133. The van der Waals surface area contributed by atoms with E-state index in [1.54, 1.807) is 7.05 Å². The Labute approximate surface area is 138 Å². The molecule has 1 atom stereocenters. The summed E-state index contributed by atoms with van der Waals surface area (Å²) in [5.41, 5.74) is 1.68. The van der Waals surface area contributed by atoms with Crippen LogP contribution in [0.2, 0.25) is 0 Å². The Morgan fingerprint density at radius 2 is 1.91 bits per heavy atom. The van der Waals surface area contributed by atoms with E-state index in [1.807, 2.05) is 24.3 Å². The average Bonchev–Trinajstić information content (AvgIpc) is 2.96. The zero-order valence-electron chi connectivity index (χ0n) is 13.9. The molecule has 2 amide bonds. The van der Waals surface area contributed by atoms with Crippen LogP contribution in [0.4, 0.5) is 0 Å². The van der Waals surface area contributed by atoms with E-state index in [1.165, 1.54) is 19.3 Å². The first kappa shape index (κ1) is 16.0. The Hall–Kier alpha value is -1.84. The molecule has 1 aliphatic carbocycles. The number of hydrogen-bond donors (Lipinski definition) is 1. The number of nitrogens with zero attached hydrogens (tertiary/aromatic N) is 1. The first-order valence-electron chi connectivity index (χ1n) is 8.81. The highest BCUT2D eigenvalue weighted by Gasteiger charge is 2.36. The van der Waals surface area contributed by atoms with E-state index in [-0.39, 0.29) is 11.8 Å². The van der Waals surface area contributed by atoms with Crippen molar-refractivity contribution in [1.29, 1.82) is 0 Å². The molecule has 1 unspecified atom stereocenters. The van der Waals surface area contributed by atoms with E-state index in [2.05, 4.69) is 10.2 Å². The molecule has 4 heteroatoms. The van der Waals surface area contributed by atoms with E-state index in [0.717, 1.165) is 31.4 Å². The minimum absolute atomic E-state index is 0.0303. The molecule has 1 saturated carbocycles. The molecule has 0 radical (unpaired) electrons. The van der Waals surface area contributed by atoms with Crippen molar-refractivity contribution >= 4 is 11.8 Å². The molecule has 1 aromatic carbocycles. The van der Waals surface area contributed by atoms with Crippen molar-refractivity contribution in [2.24, 2.45) is 5.92 Å². The second kappa shape index (κ2) is 7.16. The van der Waals surface area contributed by atoms with Gasteiger partial charge in [0.15, 0.2) is 0 Å². The lowest BCUT2D eigenvalue weighted by Crippen LogP contribution is -2.39. The molecule has 0 bridgehead atoms. The Bertz CT molecular complexity index is 578. The van der Waals surface area contributed by atoms with Gasteiger partial charge in [0.25, 0.3) is 5.91 Å². The molecule has 0 spiro atoms. The third-order valence-corrected chi connectivity index (χ3v) is 5.32. The molecular formula is C19H26N2O2. The van der Waals surface area contributed by atoms with E-state index >= 15 is 0 Å². The first-order valence-corrected chi connectivity index (χ1v) is 8.81. The van der Waals surface area contributed by atoms with Crippen molar-refractivity contribution in [2.45, 2.75) is 51.0 Å². The number of likely N-dealkylation sites (tertiary alicyclic amines) is 1. The van der Waals surface area contributed by atoms with Gasteiger partial charge in [0.2, 0.25) is 5.91 Å². The Kier molecular flexibility index (Phi) is 4.99. The predicted octanol–water partition coefficient (Wildman–Crippen LogP) is 2.77. The molecule has 1 aromatic rings. The third kappa shape index (κ3) is 3.41. The molecule has 0 aromatic heterocycles. The summed E-state index contributed by atoms with van der Waals surface area (Å²) in [6, 6.07) is 8.09. The van der Waals surface area contributed by atoms with Crippen molar-refractivity contribution < 1.29 is 9.59 Å². The molecule has 1 N–H and O–H groups in total. The number of benzene rings is 1. The van der Waals surface area contributed by atoms with Crippen molar-refractivity contribution in [2.75, 3.05) is 13.6 Å². The summed E-state index contributed by atoms with van der Waals surface area (Å²) in [6.07, 6.45) is 7.71. The highest BCUT2D eigenvalue weighted by Crippen LogP contribution is 2.30. The summed E-state index contributed by atoms with van der Waals surface area (Å²) >= 11 is 0. The first-order chi connectivity index (χ1) is 11.2. The smallest absolute Gasteiger partial charge is 0.251 e. The summed E-state index contributed by atoms with van der Waals surface area (Å²) in [5.74, 6) is 0.251. The molecule has 1 saturated heterocycles. The van der Waals surface area contributed by atoms with Crippen LogP contribution < -0.4 is 5.32 Å². The van der Waals surface area contributed by atoms with Gasteiger partial charge in [-0.05, 0) is 37.3 Å². The second-order valence-corrected chi connectivity index (χ2v) is 6.75. The number of amides is 2. The van der Waals surface area contributed by atoms with E-state index in [4.69, 9.17) is 0 Å². The topological polar surface area (TPSA) is 49.4 Å². The van der Waals surface area contributed by atoms with Crippen molar-refractivity contribution in [3.8, 4) is 0 Å². The Balaban J connectivity index is 1.70. The van der Waals surface area contributed by atoms with Crippen LogP contribution in [0.3, 0.4) is 0 Å². The second-order valence-electron chi connectivity index (χ2n) is 6.75. The minimum atomic E-state index is -0.0739. The average molecular weight is 314 g/mol. The summed E-state index contributed by atoms with van der Waals surface area (Å²) in [5, 5.41) is 2.68. The van der Waals surface area contributed by atoms with Crippen molar-refractivity contribution in [3.63, 3.8) is 0 Å². The van der Waals surface area contributed by atoms with E-state index in [9.17, 15) is 9.59 Å². The van der Waals surface area contributed by atoms with Crippen molar-refractivity contribution in [1.82, 2.24) is 10.2 Å². The highest BCUT2D eigenvalue weighted by molar-refractivity contribution is 5.95. The van der Waals surface area contributed by atoms with Gasteiger partial charge in [0.1, 0.15) is 0 Å². The summed E-state index contributed by atoms with van der Waals surface area (Å²) in [4.78, 5) is 26.9. The normalized spacial score (nSPS) is 22.4. The predicted molar refractivity (Wildman–Crippen MR) is 90.2 cm³/mol. The number of carbonyl (C=O) groups excluding carboxylic acids is 2. The number of nitrogens with one attached hydrogen (secondary N) is 1. The summed E-state index contributed by atoms with van der Waals surface area (Å²) in [7, 11) is 1.64. The fourth-order valence-corrected chi connectivity index (χ4v) is 4.03. The quantitative estimate of drug-likeness (QED) is 0.929. The maximum atomic E-state index is 12.8. The van der Waals surface area contributed by atoms with Crippen LogP contribution in [0.1, 0.15) is 54.4 Å². The lowest BCUT2D eigenvalue weighted by atomic mass is 9.93. The summed E-state index contributed by atoms with van der Waals surface area (Å²) in [6.45, 7) is 0.885. The van der Waals surface area contributed by atoms with Gasteiger partial charge in [-0.15, -0.1) is 0 Å². The molecule has 4 nitrogen and oxygen atoms in total. The molecule has 1 aliphatic heterocycles. The highest BCUT2D eigenvalue weighted by atomic mass is 16.2. The summed E-state index contributed by atoms with van der Waals surface area (Å²) < 4.78 is 0.